The number of nitriles is 1. The standard InChI is InChI=1S/C42H43N3O3.C42H41N3O2/c1-31-39(24-23-32-13-5-2-6-14-32)44(28-35-19-11-21-37(25-35)41(43)46)42(47)45(40(31)27-33-15-7-3-8-16-33)29-36-20-12-22-38(26-36)48-30-34-17-9-4-10-18-34;1-32-40(24-23-33-13-5-2-6-14-33)44(29-37-20-11-19-36(25-37)28-43)42(46)45(41(32)27-34-15-7-3-8-16-34)30-38-21-12-22-39(26-38)47-31-35-17-9-4-10-18-35/h2-22,25-26,31,39-40H,23-24,27-30H2,1H3,(H2,43,46);2-22,25-26,32,40-41H,23-24,27,29-31H2,1H3/t31-,39-,40-;32-,40-,41-/m11/s1. The molecule has 0 unspecified atom stereocenters. The molecule has 5 amide bonds. The maximum atomic E-state index is 14.8. The van der Waals surface area contributed by atoms with Gasteiger partial charge < -0.3 is 34.8 Å². The van der Waals surface area contributed by atoms with Crippen molar-refractivity contribution in [3.8, 4) is 17.6 Å². The molecule has 95 heavy (non-hydrogen) atoms. The van der Waals surface area contributed by atoms with Crippen LogP contribution in [0.25, 0.3) is 0 Å². The molecule has 11 heteroatoms. The maximum Gasteiger partial charge on any atom is 0.321 e. The summed E-state index contributed by atoms with van der Waals surface area (Å²) in [5.74, 6) is 1.43. The highest BCUT2D eigenvalue weighted by molar-refractivity contribution is 5.93. The topological polar surface area (TPSA) is 132 Å². The molecule has 2 heterocycles. The first-order valence-electron chi connectivity index (χ1n) is 33.2. The Hall–Kier alpha value is -10.7. The third-order valence-electron chi connectivity index (χ3n) is 18.7. The molecule has 11 nitrogen and oxygen atoms in total. The molecule has 2 aliphatic heterocycles. The van der Waals surface area contributed by atoms with Gasteiger partial charge in [-0.2, -0.15) is 5.26 Å². The van der Waals surface area contributed by atoms with Crippen LogP contribution in [0.1, 0.15) is 98.2 Å². The molecule has 0 radical (unpaired) electrons. The molecule has 12 rings (SSSR count). The number of carbonyl (C=O) groups excluding carboxylic acids is 3. The van der Waals surface area contributed by atoms with E-state index in [0.29, 0.717) is 50.5 Å². The fraction of sp³-hybridized carbons (Fsp3) is 0.238. The Morgan fingerprint density at radius 1 is 0.379 bits per heavy atom. The van der Waals surface area contributed by atoms with E-state index in [-0.39, 0.29) is 48.1 Å². The van der Waals surface area contributed by atoms with Crippen LogP contribution in [-0.2, 0) is 65.1 Å². The summed E-state index contributed by atoms with van der Waals surface area (Å²) >= 11 is 0. The molecule has 480 valence electrons. The number of hydrogen-bond donors (Lipinski definition) is 1. The minimum atomic E-state index is -0.477. The lowest BCUT2D eigenvalue weighted by Crippen LogP contribution is -2.62. The highest BCUT2D eigenvalue weighted by Crippen LogP contribution is 2.38. The number of rotatable bonds is 25. The minimum Gasteiger partial charge on any atom is -0.489 e. The third-order valence-corrected chi connectivity index (χ3v) is 18.7. The SMILES string of the molecule is C[C@@H]1[C@@H](CCc2ccccc2)N(Cc2cccc(C#N)c2)C(=O)N(Cc2cccc(OCc3ccccc3)c2)[C@@H]1Cc1ccccc1.C[C@@H]1[C@@H](CCc2ccccc2)N(Cc2cccc(C(N)=O)c2)C(=O)N(Cc2cccc(OCc3ccccc3)c2)[C@@H]1Cc1ccccc1. The zero-order valence-electron chi connectivity index (χ0n) is 54.4. The second-order valence-corrected chi connectivity index (χ2v) is 25.2. The summed E-state index contributed by atoms with van der Waals surface area (Å²) in [5, 5.41) is 9.58. The van der Waals surface area contributed by atoms with Crippen molar-refractivity contribution < 1.29 is 23.9 Å². The largest absolute Gasteiger partial charge is 0.489 e. The molecule has 0 aliphatic carbocycles. The number of primary amides is 1. The third kappa shape index (κ3) is 17.9. The molecule has 6 atom stereocenters. The second kappa shape index (κ2) is 32.7. The number of hydrogen-bond acceptors (Lipinski definition) is 6. The van der Waals surface area contributed by atoms with Gasteiger partial charge in [0.05, 0.1) is 11.6 Å². The first kappa shape index (κ1) is 65.8. The molecule has 0 bridgehead atoms. The highest BCUT2D eigenvalue weighted by Gasteiger charge is 2.46. The normalized spacial score (nSPS) is 17.7. The molecular formula is C84H84N6O5. The number of benzene rings is 10. The van der Waals surface area contributed by atoms with Crippen molar-refractivity contribution >= 4 is 18.0 Å². The monoisotopic (exact) mass is 1260 g/mol. The van der Waals surface area contributed by atoms with Crippen LogP contribution >= 0.6 is 0 Å². The van der Waals surface area contributed by atoms with Gasteiger partial charge in [-0.1, -0.05) is 244 Å². The molecule has 2 aliphatic rings. The lowest BCUT2D eigenvalue weighted by atomic mass is 9.82. The molecule has 10 aromatic rings. The van der Waals surface area contributed by atoms with Crippen molar-refractivity contribution in [3.63, 3.8) is 0 Å². The number of aryl methyl sites for hydroxylation is 2. The van der Waals surface area contributed by atoms with Crippen LogP contribution in [0, 0.1) is 23.2 Å². The Labute approximate surface area is 560 Å². The summed E-state index contributed by atoms with van der Waals surface area (Å²) in [5.41, 5.74) is 17.7. The van der Waals surface area contributed by atoms with Gasteiger partial charge in [-0.25, -0.2) is 9.59 Å². The Morgan fingerprint density at radius 3 is 1.07 bits per heavy atom. The number of amides is 5. The molecule has 0 aromatic heterocycles. The van der Waals surface area contributed by atoms with Crippen molar-refractivity contribution in [2.75, 3.05) is 0 Å². The van der Waals surface area contributed by atoms with E-state index in [1.165, 1.54) is 22.3 Å². The summed E-state index contributed by atoms with van der Waals surface area (Å²) < 4.78 is 12.3. The fourth-order valence-electron chi connectivity index (χ4n) is 13.6. The average molecular weight is 1260 g/mol. The van der Waals surface area contributed by atoms with Crippen molar-refractivity contribution in [2.24, 2.45) is 17.6 Å². The first-order valence-corrected chi connectivity index (χ1v) is 33.2. The molecule has 0 saturated carbocycles. The van der Waals surface area contributed by atoms with Crippen LogP contribution in [0.4, 0.5) is 9.59 Å². The zero-order valence-corrected chi connectivity index (χ0v) is 54.4. The molecule has 0 spiro atoms. The Bertz CT molecular complexity index is 4120. The van der Waals surface area contributed by atoms with Gasteiger partial charge in [-0.15, -0.1) is 0 Å². The van der Waals surface area contributed by atoms with Gasteiger partial charge in [0.25, 0.3) is 0 Å². The van der Waals surface area contributed by atoms with Gasteiger partial charge >= 0.3 is 12.1 Å². The summed E-state index contributed by atoms with van der Waals surface area (Å²) in [6.07, 6.45) is 4.96. The van der Waals surface area contributed by atoms with Gasteiger partial charge in [0.15, 0.2) is 0 Å². The quantitative estimate of drug-likeness (QED) is 0.0606. The van der Waals surface area contributed by atoms with Crippen molar-refractivity contribution in [3.05, 3.63) is 346 Å². The van der Waals surface area contributed by atoms with Gasteiger partial charge in [0.1, 0.15) is 24.7 Å². The Kier molecular flexibility index (Phi) is 22.7. The first-order chi connectivity index (χ1) is 46.5. The average Bonchev–Trinajstić information content (AvgIpc) is 1.72. The van der Waals surface area contributed by atoms with Crippen LogP contribution in [0.15, 0.2) is 279 Å². The van der Waals surface area contributed by atoms with Crippen LogP contribution in [-0.4, -0.2) is 61.7 Å². The minimum absolute atomic E-state index is 0.00117. The summed E-state index contributed by atoms with van der Waals surface area (Å²) in [4.78, 5) is 49.9. The van der Waals surface area contributed by atoms with E-state index in [1.54, 1.807) is 6.07 Å². The van der Waals surface area contributed by atoms with Gasteiger partial charge in [0, 0.05) is 55.9 Å². The Balaban J connectivity index is 0.000000193. The number of ether oxygens (including phenoxy) is 2. The van der Waals surface area contributed by atoms with E-state index >= 15 is 0 Å². The Morgan fingerprint density at radius 2 is 0.695 bits per heavy atom. The van der Waals surface area contributed by atoms with Crippen molar-refractivity contribution in [2.45, 2.75) is 116 Å². The van der Waals surface area contributed by atoms with Crippen LogP contribution in [0.2, 0.25) is 0 Å². The van der Waals surface area contributed by atoms with E-state index in [1.807, 2.05) is 155 Å². The summed E-state index contributed by atoms with van der Waals surface area (Å²) in [6, 6.07) is 95.6. The highest BCUT2D eigenvalue weighted by atomic mass is 16.5. The van der Waals surface area contributed by atoms with Gasteiger partial charge in [-0.3, -0.25) is 4.79 Å². The predicted octanol–water partition coefficient (Wildman–Crippen LogP) is 16.9. The lowest BCUT2D eigenvalue weighted by molar-refractivity contribution is 0.0183. The molecular weight excluding hydrogens is 1170 g/mol. The van der Waals surface area contributed by atoms with E-state index in [2.05, 4.69) is 157 Å². The van der Waals surface area contributed by atoms with Crippen molar-refractivity contribution in [1.82, 2.24) is 19.6 Å². The maximum absolute atomic E-state index is 14.8. The van der Waals surface area contributed by atoms with Crippen molar-refractivity contribution in [1.29, 1.82) is 5.26 Å². The molecule has 2 N–H and O–H groups in total. The number of urea groups is 2. The number of carbonyl (C=O) groups is 3. The predicted molar refractivity (Wildman–Crippen MR) is 377 cm³/mol. The van der Waals surface area contributed by atoms with Crippen LogP contribution in [0.5, 0.6) is 11.5 Å². The van der Waals surface area contributed by atoms with Crippen LogP contribution in [0.3, 0.4) is 0 Å². The second-order valence-electron chi connectivity index (χ2n) is 25.2. The smallest absolute Gasteiger partial charge is 0.321 e. The summed E-state index contributed by atoms with van der Waals surface area (Å²) in [7, 11) is 0. The fourth-order valence-corrected chi connectivity index (χ4v) is 13.6. The van der Waals surface area contributed by atoms with Crippen LogP contribution < -0.4 is 15.2 Å². The van der Waals surface area contributed by atoms with E-state index in [0.717, 1.165) is 83.4 Å². The lowest BCUT2D eigenvalue weighted by Gasteiger charge is -2.51. The van der Waals surface area contributed by atoms with Gasteiger partial charge in [0.2, 0.25) is 5.91 Å². The molecule has 2 fully saturated rings. The zero-order chi connectivity index (χ0) is 65.7. The molecule has 10 aromatic carbocycles. The van der Waals surface area contributed by atoms with Gasteiger partial charge in [-0.05, 0) is 155 Å². The number of nitrogens with two attached hydrogens (primary N) is 1. The molecule has 2 saturated heterocycles. The van der Waals surface area contributed by atoms with E-state index in [4.69, 9.17) is 15.2 Å². The van der Waals surface area contributed by atoms with E-state index in [9.17, 15) is 19.6 Å². The van der Waals surface area contributed by atoms with E-state index < -0.39 is 5.91 Å². The summed E-state index contributed by atoms with van der Waals surface area (Å²) in [6.45, 7) is 7.32. The number of nitrogens with zero attached hydrogens (tertiary/aromatic N) is 5.